The molecular formula is C45H53N3O7. The van der Waals surface area contributed by atoms with E-state index < -0.39 is 5.97 Å². The van der Waals surface area contributed by atoms with Gasteiger partial charge in [-0.3, -0.25) is 9.79 Å². The number of hydrogen-bond donors (Lipinski definition) is 3. The highest BCUT2D eigenvalue weighted by Gasteiger charge is 2.19. The van der Waals surface area contributed by atoms with Crippen LogP contribution in [0.15, 0.2) is 108 Å². The second-order valence-corrected chi connectivity index (χ2v) is 13.2. The van der Waals surface area contributed by atoms with E-state index in [1.54, 1.807) is 43.3 Å². The van der Waals surface area contributed by atoms with Crippen molar-refractivity contribution in [2.45, 2.75) is 66.7 Å². The van der Waals surface area contributed by atoms with Crippen LogP contribution in [0.25, 0.3) is 11.1 Å². The van der Waals surface area contributed by atoms with Crippen LogP contribution in [-0.4, -0.2) is 48.9 Å². The van der Waals surface area contributed by atoms with E-state index in [1.807, 2.05) is 68.6 Å². The number of carboxylic acids is 1. The van der Waals surface area contributed by atoms with Crippen molar-refractivity contribution in [2.75, 3.05) is 24.8 Å². The van der Waals surface area contributed by atoms with E-state index in [9.17, 15) is 24.3 Å². The van der Waals surface area contributed by atoms with Gasteiger partial charge in [-0.1, -0.05) is 99.5 Å². The molecule has 1 aliphatic carbocycles. The number of benzene rings is 4. The first-order chi connectivity index (χ1) is 26.4. The molecule has 0 aromatic heterocycles. The van der Waals surface area contributed by atoms with Crippen LogP contribution < -0.4 is 11.1 Å². The predicted octanol–water partition coefficient (Wildman–Crippen LogP) is 10.1. The molecule has 0 saturated carbocycles. The van der Waals surface area contributed by atoms with Gasteiger partial charge in [0, 0.05) is 29.8 Å². The number of nitrogens with zero attached hydrogens (tertiary/aromatic N) is 1. The molecule has 0 saturated heterocycles. The highest BCUT2D eigenvalue weighted by molar-refractivity contribution is 6.05. The topological polar surface area (TPSA) is 157 Å². The minimum atomic E-state index is -1.06. The Hall–Kier alpha value is -6.03. The first kappa shape index (κ1) is 43.4. The molecule has 2 atom stereocenters. The summed E-state index contributed by atoms with van der Waals surface area (Å²) in [5.74, 6) is -1.01. The SMILES string of the molecule is CCC(=O)Nc1c(C(=O)O)cccc1-c1ccccc1C.CCCCOC(=O)c1ccccc1N.COC(=O)c1ccccc1N=CC1CCC(C)=CC1C. The summed E-state index contributed by atoms with van der Waals surface area (Å²) in [6, 6.07) is 26.9. The number of para-hydroxylation sites is 3. The number of allylic oxidation sites excluding steroid dienone is 2. The number of esters is 2. The third-order valence-electron chi connectivity index (χ3n) is 9.04. The number of carboxylic acid groups (broad SMARTS) is 1. The van der Waals surface area contributed by atoms with Gasteiger partial charge in [-0.2, -0.15) is 0 Å². The maximum Gasteiger partial charge on any atom is 0.340 e. The van der Waals surface area contributed by atoms with Gasteiger partial charge < -0.3 is 25.6 Å². The van der Waals surface area contributed by atoms with Gasteiger partial charge in [-0.15, -0.1) is 0 Å². The van der Waals surface area contributed by atoms with Gasteiger partial charge >= 0.3 is 17.9 Å². The van der Waals surface area contributed by atoms with E-state index in [-0.39, 0.29) is 23.4 Å². The monoisotopic (exact) mass is 747 g/mol. The van der Waals surface area contributed by atoms with Crippen LogP contribution in [0, 0.1) is 18.8 Å². The zero-order valence-corrected chi connectivity index (χ0v) is 32.6. The van der Waals surface area contributed by atoms with Crippen molar-refractivity contribution in [3.63, 3.8) is 0 Å². The average Bonchev–Trinajstić information content (AvgIpc) is 3.18. The summed E-state index contributed by atoms with van der Waals surface area (Å²) in [7, 11) is 1.39. The number of rotatable bonds is 11. The van der Waals surface area contributed by atoms with Crippen LogP contribution in [-0.2, 0) is 14.3 Å². The van der Waals surface area contributed by atoms with Crippen molar-refractivity contribution < 1.29 is 33.8 Å². The summed E-state index contributed by atoms with van der Waals surface area (Å²) >= 11 is 0. The zero-order valence-electron chi connectivity index (χ0n) is 32.6. The number of amides is 1. The molecule has 2 unspecified atom stereocenters. The molecule has 0 spiro atoms. The quantitative estimate of drug-likeness (QED) is 0.0450. The third-order valence-corrected chi connectivity index (χ3v) is 9.04. The van der Waals surface area contributed by atoms with Gasteiger partial charge in [0.15, 0.2) is 0 Å². The normalized spacial score (nSPS) is 14.6. The number of aryl methyl sites for hydroxylation is 1. The summed E-state index contributed by atoms with van der Waals surface area (Å²) in [6.07, 6.45) is 8.73. The van der Waals surface area contributed by atoms with Crippen molar-refractivity contribution in [2.24, 2.45) is 16.8 Å². The standard InChI is InChI=1S/C17H17NO3.C17H21NO2.C11H15NO2/c1-3-15(19)18-16-13(9-6-10-14(16)17(20)21)12-8-5-4-7-11(12)2;1-12-8-9-14(13(2)10-12)11-18-16-7-5-4-6-15(16)17(19)20-3;1-2-3-8-14-11(13)9-6-4-5-7-10(9)12/h4-10H,3H2,1-2H3,(H,18,19)(H,20,21);4-7,10-11,13-14H,8-9H2,1-3H3;4-7H,2-3,8,12H2,1H3. The van der Waals surface area contributed by atoms with E-state index in [2.05, 4.69) is 30.2 Å². The molecule has 0 radical (unpaired) electrons. The first-order valence-electron chi connectivity index (χ1n) is 18.5. The fourth-order valence-electron chi connectivity index (χ4n) is 5.83. The number of hydrogen-bond acceptors (Lipinski definition) is 8. The Bertz CT molecular complexity index is 1980. The van der Waals surface area contributed by atoms with Crippen LogP contribution in [0.3, 0.4) is 0 Å². The van der Waals surface area contributed by atoms with Crippen LogP contribution in [0.1, 0.15) is 96.4 Å². The number of aliphatic imine (C=N–C) groups is 1. The molecule has 0 bridgehead atoms. The lowest BCUT2D eigenvalue weighted by Crippen LogP contribution is -2.15. The summed E-state index contributed by atoms with van der Waals surface area (Å²) < 4.78 is 9.81. The Morgan fingerprint density at radius 1 is 0.855 bits per heavy atom. The molecule has 5 rings (SSSR count). The Kier molecular flexibility index (Phi) is 17.5. The second-order valence-electron chi connectivity index (χ2n) is 13.2. The highest BCUT2D eigenvalue weighted by atomic mass is 16.5. The number of carbonyl (C=O) groups excluding carboxylic acids is 3. The van der Waals surface area contributed by atoms with Gasteiger partial charge in [0.2, 0.25) is 5.91 Å². The Morgan fingerprint density at radius 3 is 2.13 bits per heavy atom. The molecular weight excluding hydrogens is 695 g/mol. The summed E-state index contributed by atoms with van der Waals surface area (Å²) in [5, 5.41) is 12.1. The molecule has 290 valence electrons. The van der Waals surface area contributed by atoms with Gasteiger partial charge in [0.1, 0.15) is 0 Å². The molecule has 1 aliphatic rings. The molecule has 55 heavy (non-hydrogen) atoms. The molecule has 10 nitrogen and oxygen atoms in total. The van der Waals surface area contributed by atoms with Crippen molar-refractivity contribution in [1.82, 2.24) is 0 Å². The largest absolute Gasteiger partial charge is 0.478 e. The minimum absolute atomic E-state index is 0.0950. The van der Waals surface area contributed by atoms with Gasteiger partial charge in [0.25, 0.3) is 0 Å². The lowest BCUT2D eigenvalue weighted by molar-refractivity contribution is -0.115. The molecule has 1 amide bonds. The van der Waals surface area contributed by atoms with Crippen molar-refractivity contribution in [1.29, 1.82) is 0 Å². The number of nitrogens with two attached hydrogens (primary N) is 1. The third kappa shape index (κ3) is 13.1. The van der Waals surface area contributed by atoms with Crippen molar-refractivity contribution in [3.05, 3.63) is 125 Å². The average molecular weight is 748 g/mol. The molecule has 0 aliphatic heterocycles. The maximum absolute atomic E-state index is 11.7. The minimum Gasteiger partial charge on any atom is -0.478 e. The van der Waals surface area contributed by atoms with Gasteiger partial charge in [0.05, 0.1) is 41.8 Å². The van der Waals surface area contributed by atoms with Crippen molar-refractivity contribution >= 4 is 47.1 Å². The fraction of sp³-hybridized carbons (Fsp3) is 0.311. The second kappa shape index (κ2) is 22.2. The Morgan fingerprint density at radius 2 is 1.49 bits per heavy atom. The Balaban J connectivity index is 0.000000226. The lowest BCUT2D eigenvalue weighted by atomic mass is 9.83. The summed E-state index contributed by atoms with van der Waals surface area (Å²) in [4.78, 5) is 50.8. The number of carbonyl (C=O) groups is 4. The van der Waals surface area contributed by atoms with Gasteiger partial charge in [-0.25, -0.2) is 14.4 Å². The maximum atomic E-state index is 11.7. The summed E-state index contributed by atoms with van der Waals surface area (Å²) in [5.41, 5.74) is 12.3. The number of unbranched alkanes of at least 4 members (excludes halogenated alkanes) is 1. The summed E-state index contributed by atoms with van der Waals surface area (Å²) in [6.45, 7) is 10.6. The van der Waals surface area contributed by atoms with Crippen molar-refractivity contribution in [3.8, 4) is 11.1 Å². The lowest BCUT2D eigenvalue weighted by Gasteiger charge is -2.23. The van der Waals surface area contributed by atoms with Crippen LogP contribution >= 0.6 is 0 Å². The molecule has 4 N–H and O–H groups in total. The molecule has 10 heteroatoms. The van der Waals surface area contributed by atoms with E-state index in [4.69, 9.17) is 15.2 Å². The number of ether oxygens (including phenoxy) is 2. The molecule has 4 aromatic carbocycles. The number of nitrogens with one attached hydrogen (secondary N) is 1. The number of aromatic carboxylic acids is 1. The van der Waals surface area contributed by atoms with Crippen LogP contribution in [0.4, 0.5) is 17.1 Å². The Labute approximate surface area is 324 Å². The predicted molar refractivity (Wildman–Crippen MR) is 220 cm³/mol. The van der Waals surface area contributed by atoms with E-state index >= 15 is 0 Å². The number of methoxy groups -OCH3 is 1. The zero-order chi connectivity index (χ0) is 40.3. The van der Waals surface area contributed by atoms with E-state index in [0.717, 1.165) is 42.4 Å². The molecule has 0 fully saturated rings. The molecule has 4 aromatic rings. The van der Waals surface area contributed by atoms with Crippen LogP contribution in [0.5, 0.6) is 0 Å². The van der Waals surface area contributed by atoms with E-state index in [1.165, 1.54) is 18.7 Å². The highest BCUT2D eigenvalue weighted by Crippen LogP contribution is 2.33. The van der Waals surface area contributed by atoms with Gasteiger partial charge in [-0.05, 0) is 80.5 Å². The van der Waals surface area contributed by atoms with Crippen LogP contribution in [0.2, 0.25) is 0 Å². The number of nitrogen functional groups attached to an aromatic ring is 1. The molecule has 0 heterocycles. The van der Waals surface area contributed by atoms with E-state index in [0.29, 0.717) is 53.1 Å². The smallest absolute Gasteiger partial charge is 0.340 e. The number of anilines is 2. The fourth-order valence-corrected chi connectivity index (χ4v) is 5.83. The first-order valence-corrected chi connectivity index (χ1v) is 18.5.